The highest BCUT2D eigenvalue weighted by Crippen LogP contribution is 2.17. The lowest BCUT2D eigenvalue weighted by atomic mass is 10.0. The van der Waals surface area contributed by atoms with Gasteiger partial charge in [0.2, 0.25) is 5.88 Å². The van der Waals surface area contributed by atoms with Gasteiger partial charge in [0.05, 0.1) is 41.6 Å². The third-order valence-electron chi connectivity index (χ3n) is 9.76. The third kappa shape index (κ3) is 10.3. The van der Waals surface area contributed by atoms with Crippen LogP contribution in [0.4, 0.5) is 13.2 Å². The summed E-state index contributed by atoms with van der Waals surface area (Å²) in [5.41, 5.74) is 8.70. The number of piperidine rings is 2. The predicted octanol–water partition coefficient (Wildman–Crippen LogP) is 3.93. The number of fused-ring (bicyclic) bond motifs is 2. The quantitative estimate of drug-likeness (QED) is 0.217. The second-order valence-electron chi connectivity index (χ2n) is 13.3. The van der Waals surface area contributed by atoms with E-state index < -0.39 is 17.5 Å². The number of methoxy groups -OCH3 is 1. The summed E-state index contributed by atoms with van der Waals surface area (Å²) in [7, 11) is 1.39. The number of nitrogens with one attached hydrogen (secondary N) is 1. The van der Waals surface area contributed by atoms with Crippen LogP contribution in [0.2, 0.25) is 0 Å². The van der Waals surface area contributed by atoms with Gasteiger partial charge >= 0.3 is 0 Å². The first-order valence-corrected chi connectivity index (χ1v) is 17.6. The zero-order valence-electron chi connectivity index (χ0n) is 29.2. The Morgan fingerprint density at radius 3 is 1.74 bits per heavy atom. The molecule has 0 amide bonds. The molecule has 15 heteroatoms. The Morgan fingerprint density at radius 1 is 0.736 bits per heavy atom. The molecule has 5 aromatic heterocycles. The molecule has 2 saturated heterocycles. The van der Waals surface area contributed by atoms with Crippen molar-refractivity contribution in [1.29, 1.82) is 0 Å². The number of rotatable bonds is 10. The Morgan fingerprint density at radius 2 is 1.25 bits per heavy atom. The minimum Gasteiger partial charge on any atom is -0.479 e. The molecule has 0 bridgehead atoms. The average Bonchev–Trinajstić information content (AvgIpc) is 3.14. The predicted molar refractivity (Wildman–Crippen MR) is 199 cm³/mol. The Hall–Kier alpha value is -4.70. The summed E-state index contributed by atoms with van der Waals surface area (Å²) in [5.74, 6) is -1.34. The van der Waals surface area contributed by atoms with Gasteiger partial charge in [0, 0.05) is 75.3 Å². The second kappa shape index (κ2) is 18.4. The van der Waals surface area contributed by atoms with Crippen LogP contribution < -0.4 is 26.9 Å². The number of aromatic nitrogens is 5. The lowest BCUT2D eigenvalue weighted by Crippen LogP contribution is -2.43. The maximum atomic E-state index is 13.8. The SMILES string of the molecule is C.COc1ncc(CNC2CCN(CCn3c(=O)ccc4ncc(F)cc43)CC2)cc1F.NC1CCN(CCn2c(=O)ccc3ncc(F)cc32)CC1. The topological polar surface area (TPSA) is 136 Å². The van der Waals surface area contributed by atoms with Crippen LogP contribution in [0.25, 0.3) is 22.1 Å². The molecule has 284 valence electrons. The summed E-state index contributed by atoms with van der Waals surface area (Å²) in [5, 5.41) is 3.46. The highest BCUT2D eigenvalue weighted by Gasteiger charge is 2.20. The van der Waals surface area contributed by atoms with E-state index in [-0.39, 0.29) is 24.4 Å². The molecule has 2 aliphatic heterocycles. The van der Waals surface area contributed by atoms with E-state index in [0.717, 1.165) is 70.2 Å². The summed E-state index contributed by atoms with van der Waals surface area (Å²) in [4.78, 5) is 41.0. The average molecular weight is 736 g/mol. The maximum absolute atomic E-state index is 13.8. The molecule has 7 heterocycles. The van der Waals surface area contributed by atoms with Crippen LogP contribution in [0.3, 0.4) is 0 Å². The lowest BCUT2D eigenvalue weighted by Gasteiger charge is -2.32. The second-order valence-corrected chi connectivity index (χ2v) is 13.3. The van der Waals surface area contributed by atoms with Crippen molar-refractivity contribution < 1.29 is 17.9 Å². The van der Waals surface area contributed by atoms with Crippen LogP contribution >= 0.6 is 0 Å². The normalized spacial score (nSPS) is 15.9. The number of likely N-dealkylation sites (tertiary alicyclic amines) is 2. The van der Waals surface area contributed by atoms with Gasteiger partial charge in [0.1, 0.15) is 11.6 Å². The van der Waals surface area contributed by atoms with Gasteiger partial charge in [0.25, 0.3) is 11.1 Å². The first-order chi connectivity index (χ1) is 25.2. The van der Waals surface area contributed by atoms with Gasteiger partial charge in [-0.15, -0.1) is 0 Å². The van der Waals surface area contributed by atoms with E-state index >= 15 is 0 Å². The van der Waals surface area contributed by atoms with Gasteiger partial charge in [-0.1, -0.05) is 7.43 Å². The maximum Gasteiger partial charge on any atom is 0.251 e. The van der Waals surface area contributed by atoms with E-state index in [9.17, 15) is 22.8 Å². The van der Waals surface area contributed by atoms with Crippen molar-refractivity contribution in [3.63, 3.8) is 0 Å². The molecule has 0 atom stereocenters. The van der Waals surface area contributed by atoms with Crippen LogP contribution in [0, 0.1) is 17.5 Å². The minimum atomic E-state index is -0.463. The first kappa shape index (κ1) is 39.5. The standard InChI is InChI=1S/C22H25F2N5O2.C15H19FN4O.CH4/c1-31-22-18(24)10-15(13-27-22)12-25-17-4-6-28(7-5-17)8-9-29-20-11-16(23)14-26-19(20)2-3-21(29)30;16-11-9-14-13(18-10-11)1-2-15(21)20(14)8-7-19-5-3-12(17)4-6-19;/h2-3,10-11,13-14,17,25H,4-9,12H2,1H3;1-2,9-10,12H,3-8,17H2;1H4. The Bertz CT molecular complexity index is 2100. The van der Waals surface area contributed by atoms with Crippen molar-refractivity contribution in [3.05, 3.63) is 105 Å². The number of nitrogens with zero attached hydrogens (tertiary/aromatic N) is 7. The summed E-state index contributed by atoms with van der Waals surface area (Å²) >= 11 is 0. The van der Waals surface area contributed by atoms with E-state index in [2.05, 4.69) is 30.1 Å². The van der Waals surface area contributed by atoms with E-state index in [1.54, 1.807) is 27.5 Å². The monoisotopic (exact) mass is 735 g/mol. The highest BCUT2D eigenvalue weighted by molar-refractivity contribution is 5.74. The van der Waals surface area contributed by atoms with Crippen LogP contribution in [0.5, 0.6) is 5.88 Å². The zero-order chi connectivity index (χ0) is 36.6. The van der Waals surface area contributed by atoms with E-state index in [1.807, 2.05) is 0 Å². The number of hydrogen-bond donors (Lipinski definition) is 2. The molecule has 2 fully saturated rings. The molecule has 12 nitrogen and oxygen atoms in total. The van der Waals surface area contributed by atoms with Crippen LogP contribution in [-0.4, -0.2) is 92.3 Å². The lowest BCUT2D eigenvalue weighted by molar-refractivity contribution is 0.191. The van der Waals surface area contributed by atoms with Crippen molar-refractivity contribution >= 4 is 22.1 Å². The summed E-state index contributed by atoms with van der Waals surface area (Å²) < 4.78 is 48.8. The molecule has 7 rings (SSSR count). The van der Waals surface area contributed by atoms with E-state index in [1.165, 1.54) is 43.6 Å². The molecule has 0 spiro atoms. The molecule has 53 heavy (non-hydrogen) atoms. The Balaban J connectivity index is 0.000000215. The van der Waals surface area contributed by atoms with E-state index in [0.29, 0.717) is 60.3 Å². The minimum absolute atomic E-state index is 0. The van der Waals surface area contributed by atoms with Gasteiger partial charge in [-0.2, -0.15) is 0 Å². The molecule has 0 aliphatic carbocycles. The molecule has 2 aliphatic rings. The summed E-state index contributed by atoms with van der Waals surface area (Å²) in [6.45, 7) is 6.71. The molecule has 0 radical (unpaired) electrons. The van der Waals surface area contributed by atoms with Crippen molar-refractivity contribution in [2.75, 3.05) is 46.4 Å². The molecule has 0 unspecified atom stereocenters. The van der Waals surface area contributed by atoms with Gasteiger partial charge in [-0.05, 0) is 75.6 Å². The molecule has 0 aromatic carbocycles. The fraction of sp³-hybridized carbons (Fsp3) is 0.447. The first-order valence-electron chi connectivity index (χ1n) is 17.6. The number of nitrogens with two attached hydrogens (primary N) is 1. The summed E-state index contributed by atoms with van der Waals surface area (Å²) in [6, 6.07) is 11.0. The Labute approximate surface area is 306 Å². The van der Waals surface area contributed by atoms with Crippen molar-refractivity contribution in [3.8, 4) is 5.88 Å². The van der Waals surface area contributed by atoms with Crippen molar-refractivity contribution in [2.24, 2.45) is 5.73 Å². The van der Waals surface area contributed by atoms with Crippen molar-refractivity contribution in [1.82, 2.24) is 39.2 Å². The molecular weight excluding hydrogens is 687 g/mol. The van der Waals surface area contributed by atoms with Gasteiger partial charge in [-0.3, -0.25) is 19.6 Å². The van der Waals surface area contributed by atoms with Gasteiger partial charge in [0.15, 0.2) is 5.82 Å². The van der Waals surface area contributed by atoms with Gasteiger partial charge in [-0.25, -0.2) is 18.2 Å². The molecule has 0 saturated carbocycles. The zero-order valence-corrected chi connectivity index (χ0v) is 29.2. The van der Waals surface area contributed by atoms with Crippen molar-refractivity contribution in [2.45, 2.75) is 64.8 Å². The molecular formula is C38H48F3N9O3. The number of halogens is 3. The number of ether oxygens (including phenoxy) is 1. The largest absolute Gasteiger partial charge is 0.479 e. The highest BCUT2D eigenvalue weighted by atomic mass is 19.1. The summed E-state index contributed by atoms with van der Waals surface area (Å²) in [6.07, 6.45) is 7.82. The number of hydrogen-bond acceptors (Lipinski definition) is 10. The Kier molecular flexibility index (Phi) is 13.7. The van der Waals surface area contributed by atoms with Crippen LogP contribution in [0.1, 0.15) is 38.7 Å². The number of pyridine rings is 5. The fourth-order valence-corrected chi connectivity index (χ4v) is 6.74. The van der Waals surface area contributed by atoms with Crippen LogP contribution in [0.15, 0.2) is 70.6 Å². The smallest absolute Gasteiger partial charge is 0.251 e. The third-order valence-corrected chi connectivity index (χ3v) is 9.76. The molecule has 3 N–H and O–H groups in total. The van der Waals surface area contributed by atoms with Crippen LogP contribution in [-0.2, 0) is 19.6 Å². The fourth-order valence-electron chi connectivity index (χ4n) is 6.74. The van der Waals surface area contributed by atoms with E-state index in [4.69, 9.17) is 10.5 Å². The molecule has 5 aromatic rings. The van der Waals surface area contributed by atoms with Gasteiger partial charge < -0.3 is 34.7 Å².